The molecule has 1 saturated heterocycles. The molecule has 1 aliphatic rings. The van der Waals surface area contributed by atoms with Gasteiger partial charge in [-0.1, -0.05) is 0 Å². The number of hydrogen-bond donors (Lipinski definition) is 0. The first-order valence-corrected chi connectivity index (χ1v) is 27.9. The molecular formula is C41H38HgSi2. The van der Waals surface area contributed by atoms with Crippen LogP contribution in [0.25, 0.3) is 0 Å². The molecule has 212 valence electrons. The van der Waals surface area contributed by atoms with Gasteiger partial charge in [-0.05, 0) is 0 Å². The number of benzene rings is 6. The molecule has 0 aliphatic carbocycles. The summed E-state index contributed by atoms with van der Waals surface area (Å²) in [5.41, 5.74) is 0. The van der Waals surface area contributed by atoms with E-state index < -0.39 is 40.7 Å². The third kappa shape index (κ3) is 4.65. The predicted molar refractivity (Wildman–Crippen MR) is 190 cm³/mol. The fourth-order valence-corrected chi connectivity index (χ4v) is 39.0. The maximum atomic E-state index is 2.49. The Morgan fingerprint density at radius 3 is 0.727 bits per heavy atom. The summed E-state index contributed by atoms with van der Waals surface area (Å²) in [5, 5.41) is 9.31. The zero-order chi connectivity index (χ0) is 29.7. The van der Waals surface area contributed by atoms with Gasteiger partial charge in [0, 0.05) is 0 Å². The van der Waals surface area contributed by atoms with Crippen LogP contribution in [0.2, 0.25) is 12.5 Å². The van der Waals surface area contributed by atoms with E-state index in [0.29, 0.717) is 0 Å². The van der Waals surface area contributed by atoms with E-state index >= 15 is 0 Å². The Kier molecular flexibility index (Phi) is 8.66. The van der Waals surface area contributed by atoms with Crippen LogP contribution < -0.4 is 31.1 Å². The molecule has 44 heavy (non-hydrogen) atoms. The fraction of sp³-hybridized carbons (Fsp3) is 0.122. The van der Waals surface area contributed by atoms with Gasteiger partial charge >= 0.3 is 279 Å². The van der Waals surface area contributed by atoms with Crippen LogP contribution in [0.15, 0.2) is 182 Å². The van der Waals surface area contributed by atoms with Crippen molar-refractivity contribution in [2.45, 2.75) is 25.4 Å². The molecule has 0 aromatic heterocycles. The van der Waals surface area contributed by atoms with E-state index in [4.69, 9.17) is 0 Å². The third-order valence-corrected chi connectivity index (χ3v) is 30.3. The molecular weight excluding hydrogens is 749 g/mol. The summed E-state index contributed by atoms with van der Waals surface area (Å²) < 4.78 is 3.01. The first kappa shape index (κ1) is 29.4. The van der Waals surface area contributed by atoms with Crippen molar-refractivity contribution in [3.63, 3.8) is 0 Å². The molecule has 1 heterocycles. The van der Waals surface area contributed by atoms with Crippen molar-refractivity contribution in [3.8, 4) is 0 Å². The molecule has 0 saturated carbocycles. The van der Waals surface area contributed by atoms with Gasteiger partial charge < -0.3 is 0 Å². The molecule has 0 unspecified atom stereocenters. The average Bonchev–Trinajstić information content (AvgIpc) is 3.12. The molecule has 6 aromatic carbocycles. The molecule has 0 N–H and O–H groups in total. The van der Waals surface area contributed by atoms with E-state index in [1.807, 2.05) is 0 Å². The normalized spacial score (nSPS) is 14.6. The SMILES string of the molecule is c1ccc([Si](c2ccccc2)(c2ccccc2)C2([Si](c3ccccc3)(c3ccccc3)c3ccccc3)C[CH2][Hg][CH2]C2)cc1. The van der Waals surface area contributed by atoms with Crippen molar-refractivity contribution in [2.75, 3.05) is 0 Å². The second-order valence-electron chi connectivity index (χ2n) is 12.3. The van der Waals surface area contributed by atoms with Crippen LogP contribution in [0.1, 0.15) is 12.8 Å². The van der Waals surface area contributed by atoms with Crippen molar-refractivity contribution in [3.05, 3.63) is 182 Å². The van der Waals surface area contributed by atoms with Crippen molar-refractivity contribution in [2.24, 2.45) is 0 Å². The molecule has 0 nitrogen and oxygen atoms in total. The summed E-state index contributed by atoms with van der Waals surface area (Å²) in [4.78, 5) is 0. The molecule has 0 atom stereocenters. The van der Waals surface area contributed by atoms with Gasteiger partial charge in [-0.15, -0.1) is 0 Å². The fourth-order valence-electron chi connectivity index (χ4n) is 8.97. The first-order chi connectivity index (χ1) is 21.8. The van der Waals surface area contributed by atoms with Crippen LogP contribution in [0.5, 0.6) is 0 Å². The van der Waals surface area contributed by atoms with Crippen molar-refractivity contribution in [1.29, 1.82) is 0 Å². The van der Waals surface area contributed by atoms with Gasteiger partial charge in [0.1, 0.15) is 0 Å². The van der Waals surface area contributed by atoms with Gasteiger partial charge in [-0.25, -0.2) is 0 Å². The second kappa shape index (κ2) is 13.0. The van der Waals surface area contributed by atoms with Gasteiger partial charge in [0.15, 0.2) is 0 Å². The first-order valence-electron chi connectivity index (χ1n) is 16.2. The Hall–Kier alpha value is -3.31. The summed E-state index contributed by atoms with van der Waals surface area (Å²) in [6.07, 6.45) is 2.62. The van der Waals surface area contributed by atoms with E-state index in [9.17, 15) is 0 Å². The van der Waals surface area contributed by atoms with Gasteiger partial charge in [0.2, 0.25) is 0 Å². The standard InChI is InChI=1S/C41H38Si2.Hg/c1-3-41(4-2,42(35-23-11-5-12-24-35,36-25-13-6-14-26-36)37-27-15-7-16-28-37)43(38-29-17-8-18-30-38,39-31-19-9-20-32-39)40-33-21-10-22-34-40;/h5-34H,1-4H2;. The van der Waals surface area contributed by atoms with Gasteiger partial charge in [0.25, 0.3) is 0 Å². The Balaban J connectivity index is 1.76. The Morgan fingerprint density at radius 2 is 0.523 bits per heavy atom. The predicted octanol–water partition coefficient (Wildman–Crippen LogP) is 6.32. The molecule has 1 aliphatic heterocycles. The zero-order valence-corrected chi connectivity index (χ0v) is 32.9. The van der Waals surface area contributed by atoms with Crippen LogP contribution in [0.4, 0.5) is 0 Å². The molecule has 7 rings (SSSR count). The Labute approximate surface area is 277 Å². The van der Waals surface area contributed by atoms with E-state index in [1.54, 1.807) is 31.1 Å². The second-order valence-corrected chi connectivity index (χ2v) is 29.5. The summed E-state index contributed by atoms with van der Waals surface area (Å²) in [5.74, 6) is 0. The third-order valence-electron chi connectivity index (χ3n) is 10.4. The molecule has 0 bridgehead atoms. The van der Waals surface area contributed by atoms with Gasteiger partial charge in [-0.2, -0.15) is 0 Å². The van der Waals surface area contributed by atoms with E-state index in [1.165, 1.54) is 20.7 Å². The molecule has 6 aromatic rings. The minimum atomic E-state index is -2.76. The van der Waals surface area contributed by atoms with Crippen LogP contribution in [-0.4, -0.2) is 16.1 Å². The molecule has 0 radical (unpaired) electrons. The van der Waals surface area contributed by atoms with Gasteiger partial charge in [0.05, 0.1) is 0 Å². The van der Waals surface area contributed by atoms with Crippen molar-refractivity contribution < 1.29 is 24.6 Å². The van der Waals surface area contributed by atoms with Crippen LogP contribution in [0.3, 0.4) is 0 Å². The summed E-state index contributed by atoms with van der Waals surface area (Å²) in [7, 11) is -5.52. The maximum absolute atomic E-state index is 2.76. The topological polar surface area (TPSA) is 0 Å². The Morgan fingerprint density at radius 1 is 0.318 bits per heavy atom. The minimum absolute atomic E-state index is 0.0619. The summed E-state index contributed by atoms with van der Waals surface area (Å²) in [6.45, 7) is 0. The molecule has 3 heteroatoms. The molecule has 1 fully saturated rings. The van der Waals surface area contributed by atoms with E-state index in [2.05, 4.69) is 182 Å². The summed E-state index contributed by atoms with van der Waals surface area (Å²) in [6, 6.07) is 70.8. The summed E-state index contributed by atoms with van der Waals surface area (Å²) >= 11 is -0.957. The monoisotopic (exact) mass is 788 g/mol. The van der Waals surface area contributed by atoms with Crippen LogP contribution >= 0.6 is 0 Å². The van der Waals surface area contributed by atoms with Crippen LogP contribution in [0, 0.1) is 0 Å². The molecule has 0 amide bonds. The van der Waals surface area contributed by atoms with Gasteiger partial charge in [-0.3, -0.25) is 0 Å². The van der Waals surface area contributed by atoms with E-state index in [0.717, 1.165) is 0 Å². The molecule has 0 spiro atoms. The zero-order valence-electron chi connectivity index (χ0n) is 25.4. The van der Waals surface area contributed by atoms with E-state index in [-0.39, 0.29) is 4.66 Å². The van der Waals surface area contributed by atoms with Crippen molar-refractivity contribution >= 4 is 47.3 Å². The average molecular weight is 788 g/mol. The van der Waals surface area contributed by atoms with Crippen molar-refractivity contribution in [1.82, 2.24) is 0 Å². The Bertz CT molecular complexity index is 1430. The van der Waals surface area contributed by atoms with Crippen LogP contribution in [-0.2, 0) is 24.6 Å². The number of rotatable bonds is 8. The number of hydrogen-bond acceptors (Lipinski definition) is 0. The quantitative estimate of drug-likeness (QED) is 0.125.